The van der Waals surface area contributed by atoms with E-state index in [9.17, 15) is 18.0 Å². The third-order valence-electron chi connectivity index (χ3n) is 6.52. The lowest BCUT2D eigenvalue weighted by atomic mass is 9.75. The van der Waals surface area contributed by atoms with E-state index in [0.717, 1.165) is 17.7 Å². The fourth-order valence-electron chi connectivity index (χ4n) is 4.80. The molecule has 0 radical (unpaired) electrons. The van der Waals surface area contributed by atoms with Crippen molar-refractivity contribution in [2.24, 2.45) is 5.41 Å². The molecular formula is C24H31N3O4S. The lowest BCUT2D eigenvalue weighted by Crippen LogP contribution is -2.37. The maximum Gasteiger partial charge on any atom is 0.270 e. The maximum atomic E-state index is 13.3. The molecule has 2 aromatic rings. The van der Waals surface area contributed by atoms with Gasteiger partial charge in [-0.3, -0.25) is 9.59 Å². The summed E-state index contributed by atoms with van der Waals surface area (Å²) in [6.45, 7) is 9.26. The molecule has 32 heavy (non-hydrogen) atoms. The summed E-state index contributed by atoms with van der Waals surface area (Å²) in [6.07, 6.45) is 1.76. The Morgan fingerprint density at radius 3 is 2.38 bits per heavy atom. The van der Waals surface area contributed by atoms with Crippen LogP contribution in [-0.4, -0.2) is 60.5 Å². The second kappa shape index (κ2) is 8.15. The number of fused-ring (bicyclic) bond motifs is 1. The van der Waals surface area contributed by atoms with E-state index in [1.807, 2.05) is 13.8 Å². The number of rotatable bonds is 3. The molecule has 1 aromatic heterocycles. The van der Waals surface area contributed by atoms with Gasteiger partial charge in [-0.1, -0.05) is 31.5 Å². The van der Waals surface area contributed by atoms with Gasteiger partial charge in [-0.2, -0.15) is 4.31 Å². The Morgan fingerprint density at radius 2 is 1.69 bits per heavy atom. The van der Waals surface area contributed by atoms with Gasteiger partial charge < -0.3 is 9.88 Å². The highest BCUT2D eigenvalue weighted by Gasteiger charge is 2.36. The molecule has 0 saturated carbocycles. The van der Waals surface area contributed by atoms with Crippen molar-refractivity contribution >= 4 is 21.7 Å². The Morgan fingerprint density at radius 1 is 1.00 bits per heavy atom. The number of benzene rings is 1. The smallest absolute Gasteiger partial charge is 0.270 e. The van der Waals surface area contributed by atoms with E-state index in [0.29, 0.717) is 49.3 Å². The molecule has 7 nitrogen and oxygen atoms in total. The van der Waals surface area contributed by atoms with Gasteiger partial charge >= 0.3 is 0 Å². The van der Waals surface area contributed by atoms with Crippen molar-refractivity contribution in [2.45, 2.75) is 51.9 Å². The summed E-state index contributed by atoms with van der Waals surface area (Å²) in [5.74, 6) is -0.0904. The molecular weight excluding hydrogens is 426 g/mol. The molecule has 8 heteroatoms. The molecule has 1 aromatic carbocycles. The molecule has 0 unspecified atom stereocenters. The summed E-state index contributed by atoms with van der Waals surface area (Å²) < 4.78 is 27.6. The van der Waals surface area contributed by atoms with Crippen LogP contribution in [0.25, 0.3) is 0 Å². The molecule has 1 amide bonds. The molecule has 2 aliphatic rings. The summed E-state index contributed by atoms with van der Waals surface area (Å²) >= 11 is 0. The first kappa shape index (κ1) is 22.7. The number of carbonyl (C=O) groups is 2. The molecule has 1 aliphatic carbocycles. The van der Waals surface area contributed by atoms with Gasteiger partial charge in [0.05, 0.1) is 4.90 Å². The number of aryl methyl sites for hydroxylation is 1. The minimum Gasteiger partial charge on any atom is -0.354 e. The number of ketones is 1. The van der Waals surface area contributed by atoms with Crippen LogP contribution in [0.15, 0.2) is 29.2 Å². The zero-order chi connectivity index (χ0) is 23.3. The summed E-state index contributed by atoms with van der Waals surface area (Å²) in [6, 6.07) is 6.84. The number of amides is 1. The van der Waals surface area contributed by atoms with Crippen LogP contribution in [0.1, 0.15) is 64.4 Å². The minimum atomic E-state index is -3.60. The zero-order valence-corrected chi connectivity index (χ0v) is 20.0. The van der Waals surface area contributed by atoms with Gasteiger partial charge in [0.2, 0.25) is 10.0 Å². The van der Waals surface area contributed by atoms with E-state index in [1.165, 1.54) is 4.31 Å². The molecule has 1 saturated heterocycles. The Balaban J connectivity index is 1.53. The Labute approximate surface area is 189 Å². The molecule has 0 bridgehead atoms. The SMILES string of the molecule is Cc1ccc(S(=O)(=O)N2CCCN(C(=O)c3[nH]c4c(c3C)C(=O)CC(C)(C)C4)CC2)cc1. The summed E-state index contributed by atoms with van der Waals surface area (Å²) in [5.41, 5.74) is 3.53. The highest BCUT2D eigenvalue weighted by atomic mass is 32.2. The standard InChI is InChI=1S/C24H31N3O4S/c1-16-6-8-18(9-7-16)32(30,31)27-11-5-10-26(12-13-27)23(29)22-17(2)21-19(25-22)14-24(3,4)15-20(21)28/h6-9,25H,5,10-15H2,1-4H3. The van der Waals surface area contributed by atoms with E-state index in [-0.39, 0.29) is 28.5 Å². The first-order chi connectivity index (χ1) is 15.0. The van der Waals surface area contributed by atoms with Crippen LogP contribution in [-0.2, 0) is 16.4 Å². The van der Waals surface area contributed by atoms with E-state index in [1.54, 1.807) is 29.2 Å². The first-order valence-electron chi connectivity index (χ1n) is 11.1. The van der Waals surface area contributed by atoms with Crippen LogP contribution < -0.4 is 0 Å². The largest absolute Gasteiger partial charge is 0.354 e. The van der Waals surface area contributed by atoms with Crippen LogP contribution in [0.5, 0.6) is 0 Å². The monoisotopic (exact) mass is 457 g/mol. The first-order valence-corrected chi connectivity index (χ1v) is 12.5. The Bertz CT molecular complexity index is 1160. The van der Waals surface area contributed by atoms with Crippen molar-refractivity contribution in [1.82, 2.24) is 14.2 Å². The van der Waals surface area contributed by atoms with E-state index >= 15 is 0 Å². The normalized spacial score (nSPS) is 19.5. The van der Waals surface area contributed by atoms with Gasteiger partial charge in [-0.25, -0.2) is 8.42 Å². The van der Waals surface area contributed by atoms with Crippen LogP contribution >= 0.6 is 0 Å². The third kappa shape index (κ3) is 4.13. The molecule has 0 spiro atoms. The zero-order valence-electron chi connectivity index (χ0n) is 19.2. The van der Waals surface area contributed by atoms with Crippen molar-refractivity contribution < 1.29 is 18.0 Å². The number of H-pyrrole nitrogens is 1. The van der Waals surface area contributed by atoms with Crippen molar-refractivity contribution in [3.63, 3.8) is 0 Å². The second-order valence-electron chi connectivity index (χ2n) is 9.78. The van der Waals surface area contributed by atoms with E-state index in [2.05, 4.69) is 18.8 Å². The lowest BCUT2D eigenvalue weighted by Gasteiger charge is -2.28. The van der Waals surface area contributed by atoms with Crippen LogP contribution in [0.2, 0.25) is 0 Å². The lowest BCUT2D eigenvalue weighted by molar-refractivity contribution is 0.0757. The molecule has 1 aliphatic heterocycles. The highest BCUT2D eigenvalue weighted by molar-refractivity contribution is 7.89. The average molecular weight is 458 g/mol. The van der Waals surface area contributed by atoms with E-state index in [4.69, 9.17) is 0 Å². The molecule has 1 N–H and O–H groups in total. The highest BCUT2D eigenvalue weighted by Crippen LogP contribution is 2.37. The molecule has 0 atom stereocenters. The summed E-state index contributed by atoms with van der Waals surface area (Å²) in [4.78, 5) is 31.2. The van der Waals surface area contributed by atoms with E-state index < -0.39 is 10.0 Å². The van der Waals surface area contributed by atoms with Crippen LogP contribution in [0.3, 0.4) is 0 Å². The number of aromatic nitrogens is 1. The number of hydrogen-bond donors (Lipinski definition) is 1. The summed E-state index contributed by atoms with van der Waals surface area (Å²) in [5, 5.41) is 0. The van der Waals surface area contributed by atoms with Gasteiger partial charge in [0, 0.05) is 43.9 Å². The number of hydrogen-bond acceptors (Lipinski definition) is 4. The van der Waals surface area contributed by atoms with Crippen molar-refractivity contribution in [1.29, 1.82) is 0 Å². The van der Waals surface area contributed by atoms with Gasteiger partial charge in [-0.15, -0.1) is 0 Å². The average Bonchev–Trinajstić information content (AvgIpc) is 2.89. The number of carbonyl (C=O) groups excluding carboxylic acids is 2. The number of Topliss-reactive ketones (excluding diaryl/α,β-unsaturated/α-hetero) is 1. The fourth-order valence-corrected chi connectivity index (χ4v) is 6.27. The Kier molecular flexibility index (Phi) is 5.79. The van der Waals surface area contributed by atoms with Gasteiger partial charge in [0.25, 0.3) is 5.91 Å². The topological polar surface area (TPSA) is 90.6 Å². The molecule has 2 heterocycles. The number of nitrogens with one attached hydrogen (secondary N) is 1. The second-order valence-corrected chi connectivity index (χ2v) is 11.7. The third-order valence-corrected chi connectivity index (χ3v) is 8.43. The van der Waals surface area contributed by atoms with Crippen molar-refractivity contribution in [3.8, 4) is 0 Å². The van der Waals surface area contributed by atoms with Crippen molar-refractivity contribution in [3.05, 3.63) is 52.3 Å². The number of aromatic amines is 1. The van der Waals surface area contributed by atoms with Crippen molar-refractivity contribution in [2.75, 3.05) is 26.2 Å². The number of nitrogens with zero attached hydrogens (tertiary/aromatic N) is 2. The van der Waals surface area contributed by atoms with Crippen LogP contribution in [0, 0.1) is 19.3 Å². The predicted molar refractivity (Wildman–Crippen MR) is 122 cm³/mol. The van der Waals surface area contributed by atoms with Gasteiger partial charge in [0.1, 0.15) is 5.69 Å². The van der Waals surface area contributed by atoms with Gasteiger partial charge in [0.15, 0.2) is 5.78 Å². The molecule has 1 fully saturated rings. The van der Waals surface area contributed by atoms with Gasteiger partial charge in [-0.05, 0) is 49.8 Å². The molecule has 4 rings (SSSR count). The summed E-state index contributed by atoms with van der Waals surface area (Å²) in [7, 11) is -3.60. The maximum absolute atomic E-state index is 13.3. The van der Waals surface area contributed by atoms with Crippen LogP contribution in [0.4, 0.5) is 0 Å². The molecule has 172 valence electrons. The Hall–Kier alpha value is -2.45. The fraction of sp³-hybridized carbons (Fsp3) is 0.500. The predicted octanol–water partition coefficient (Wildman–Crippen LogP) is 3.32. The number of sulfonamides is 1. The quantitative estimate of drug-likeness (QED) is 0.766. The minimum absolute atomic E-state index is 0.0790.